The fraction of sp³-hybridized carbons (Fsp3) is 0.357. The van der Waals surface area contributed by atoms with E-state index in [-0.39, 0.29) is 6.04 Å². The number of aromatic nitrogens is 1. The number of benzene rings is 1. The summed E-state index contributed by atoms with van der Waals surface area (Å²) < 4.78 is 5.15. The maximum Gasteiger partial charge on any atom is 0.183 e. The van der Waals surface area contributed by atoms with Gasteiger partial charge in [-0.2, -0.15) is 0 Å². The van der Waals surface area contributed by atoms with E-state index in [1.807, 2.05) is 12.1 Å². The van der Waals surface area contributed by atoms with Crippen molar-refractivity contribution >= 4 is 16.5 Å². The molecule has 1 heterocycles. The lowest BCUT2D eigenvalue weighted by Crippen LogP contribution is -2.06. The highest BCUT2D eigenvalue weighted by molar-refractivity contribution is 7.13. The lowest BCUT2D eigenvalue weighted by Gasteiger charge is -2.13. The molecule has 1 atom stereocenters. The monoisotopic (exact) mass is 262 g/mol. The predicted molar refractivity (Wildman–Crippen MR) is 76.5 cm³/mol. The van der Waals surface area contributed by atoms with Crippen LogP contribution in [-0.2, 0) is 6.42 Å². The fourth-order valence-electron chi connectivity index (χ4n) is 1.70. The highest BCUT2D eigenvalue weighted by Crippen LogP contribution is 2.23. The number of nitrogens with zero attached hydrogens (tertiary/aromatic N) is 1. The highest BCUT2D eigenvalue weighted by Gasteiger charge is 2.07. The Morgan fingerprint density at radius 2 is 2.06 bits per heavy atom. The topological polar surface area (TPSA) is 34.1 Å². The van der Waals surface area contributed by atoms with Gasteiger partial charge < -0.3 is 10.1 Å². The first-order valence-electron chi connectivity index (χ1n) is 6.07. The van der Waals surface area contributed by atoms with Crippen LogP contribution in [0.15, 0.2) is 29.6 Å². The molecule has 0 amide bonds. The van der Waals surface area contributed by atoms with Crippen LogP contribution in [-0.4, -0.2) is 12.1 Å². The number of hydrogen-bond donors (Lipinski definition) is 1. The van der Waals surface area contributed by atoms with E-state index in [4.69, 9.17) is 4.74 Å². The van der Waals surface area contributed by atoms with Gasteiger partial charge in [0.15, 0.2) is 5.13 Å². The van der Waals surface area contributed by atoms with Gasteiger partial charge in [0.1, 0.15) is 5.75 Å². The summed E-state index contributed by atoms with van der Waals surface area (Å²) in [5, 5.41) is 6.50. The van der Waals surface area contributed by atoms with Crippen LogP contribution >= 0.6 is 11.3 Å². The molecule has 0 saturated heterocycles. The summed E-state index contributed by atoms with van der Waals surface area (Å²) in [5.41, 5.74) is 2.37. The van der Waals surface area contributed by atoms with Crippen molar-refractivity contribution in [1.82, 2.24) is 4.98 Å². The Kier molecular flexibility index (Phi) is 4.20. The molecule has 18 heavy (non-hydrogen) atoms. The summed E-state index contributed by atoms with van der Waals surface area (Å²) in [6.07, 6.45) is 0.981. The fourth-order valence-corrected chi connectivity index (χ4v) is 2.58. The standard InChI is InChI=1S/C14H18N2OS/c1-4-12-9-18-14(16-12)15-10(2)11-5-7-13(17-3)8-6-11/h5-10H,4H2,1-3H3,(H,15,16). The zero-order valence-corrected chi connectivity index (χ0v) is 11.8. The van der Waals surface area contributed by atoms with Crippen molar-refractivity contribution in [2.75, 3.05) is 12.4 Å². The summed E-state index contributed by atoms with van der Waals surface area (Å²) in [7, 11) is 1.68. The van der Waals surface area contributed by atoms with Crippen molar-refractivity contribution in [2.45, 2.75) is 26.3 Å². The summed E-state index contributed by atoms with van der Waals surface area (Å²) in [4.78, 5) is 4.51. The van der Waals surface area contributed by atoms with E-state index < -0.39 is 0 Å². The molecule has 2 rings (SSSR count). The van der Waals surface area contributed by atoms with Crippen LogP contribution in [0.3, 0.4) is 0 Å². The Morgan fingerprint density at radius 1 is 1.33 bits per heavy atom. The van der Waals surface area contributed by atoms with Crippen molar-refractivity contribution in [2.24, 2.45) is 0 Å². The molecule has 0 radical (unpaired) electrons. The SMILES string of the molecule is CCc1csc(NC(C)c2ccc(OC)cc2)n1. The molecule has 0 saturated carbocycles. The van der Waals surface area contributed by atoms with Crippen LogP contribution in [0.2, 0.25) is 0 Å². The normalized spacial score (nSPS) is 12.2. The van der Waals surface area contributed by atoms with Gasteiger partial charge in [-0.05, 0) is 31.0 Å². The maximum absolute atomic E-state index is 5.15. The molecule has 0 bridgehead atoms. The first-order valence-corrected chi connectivity index (χ1v) is 6.95. The van der Waals surface area contributed by atoms with Crippen molar-refractivity contribution in [3.8, 4) is 5.75 Å². The molecule has 0 aliphatic rings. The minimum atomic E-state index is 0.242. The van der Waals surface area contributed by atoms with E-state index >= 15 is 0 Å². The molecule has 1 aromatic carbocycles. The Morgan fingerprint density at radius 3 is 2.61 bits per heavy atom. The van der Waals surface area contributed by atoms with Crippen LogP contribution in [0.1, 0.15) is 31.1 Å². The van der Waals surface area contributed by atoms with Crippen LogP contribution < -0.4 is 10.1 Å². The Balaban J connectivity index is 2.03. The van der Waals surface area contributed by atoms with Crippen molar-refractivity contribution < 1.29 is 4.74 Å². The number of rotatable bonds is 5. The number of nitrogens with one attached hydrogen (secondary N) is 1. The molecule has 0 aliphatic carbocycles. The van der Waals surface area contributed by atoms with Gasteiger partial charge >= 0.3 is 0 Å². The molecule has 4 heteroatoms. The summed E-state index contributed by atoms with van der Waals surface area (Å²) >= 11 is 1.66. The molecule has 0 fully saturated rings. The zero-order valence-electron chi connectivity index (χ0n) is 10.9. The van der Waals surface area contributed by atoms with Gasteiger partial charge in [0.2, 0.25) is 0 Å². The molecule has 0 aliphatic heterocycles. The molecule has 0 spiro atoms. The lowest BCUT2D eigenvalue weighted by atomic mass is 10.1. The number of aryl methyl sites for hydroxylation is 1. The number of hydrogen-bond acceptors (Lipinski definition) is 4. The third-order valence-corrected chi connectivity index (χ3v) is 3.69. The minimum absolute atomic E-state index is 0.242. The number of methoxy groups -OCH3 is 1. The minimum Gasteiger partial charge on any atom is -0.497 e. The summed E-state index contributed by atoms with van der Waals surface area (Å²) in [6.45, 7) is 4.25. The van der Waals surface area contributed by atoms with E-state index in [1.165, 1.54) is 5.56 Å². The van der Waals surface area contributed by atoms with Crippen molar-refractivity contribution in [3.05, 3.63) is 40.9 Å². The predicted octanol–water partition coefficient (Wildman–Crippen LogP) is 3.89. The van der Waals surface area contributed by atoms with Crippen LogP contribution in [0.5, 0.6) is 5.75 Å². The van der Waals surface area contributed by atoms with Crippen LogP contribution in [0.4, 0.5) is 5.13 Å². The van der Waals surface area contributed by atoms with Gasteiger partial charge in [0, 0.05) is 5.38 Å². The van der Waals surface area contributed by atoms with Crippen molar-refractivity contribution in [1.29, 1.82) is 0 Å². The molecular weight excluding hydrogens is 244 g/mol. The van der Waals surface area contributed by atoms with E-state index in [2.05, 4.69) is 41.7 Å². The molecule has 2 aromatic rings. The van der Waals surface area contributed by atoms with E-state index in [0.717, 1.165) is 23.0 Å². The average Bonchev–Trinajstić information content (AvgIpc) is 2.86. The van der Waals surface area contributed by atoms with E-state index in [9.17, 15) is 0 Å². The molecule has 1 N–H and O–H groups in total. The van der Waals surface area contributed by atoms with E-state index in [1.54, 1.807) is 18.4 Å². The van der Waals surface area contributed by atoms with Crippen LogP contribution in [0.25, 0.3) is 0 Å². The number of anilines is 1. The average molecular weight is 262 g/mol. The van der Waals surface area contributed by atoms with E-state index in [0.29, 0.717) is 0 Å². The summed E-state index contributed by atoms with van der Waals surface area (Å²) in [5.74, 6) is 0.883. The maximum atomic E-state index is 5.15. The van der Waals surface area contributed by atoms with Gasteiger partial charge in [-0.15, -0.1) is 11.3 Å². The molecular formula is C14H18N2OS. The second kappa shape index (κ2) is 5.87. The van der Waals surface area contributed by atoms with Gasteiger partial charge in [-0.1, -0.05) is 19.1 Å². The third kappa shape index (κ3) is 3.01. The summed E-state index contributed by atoms with van der Waals surface area (Å²) in [6, 6.07) is 8.35. The van der Waals surface area contributed by atoms with Gasteiger partial charge in [0.05, 0.1) is 18.8 Å². The molecule has 1 unspecified atom stereocenters. The number of ether oxygens (including phenoxy) is 1. The number of thiazole rings is 1. The zero-order chi connectivity index (χ0) is 13.0. The Bertz CT molecular complexity index is 493. The van der Waals surface area contributed by atoms with Crippen molar-refractivity contribution in [3.63, 3.8) is 0 Å². The van der Waals surface area contributed by atoms with Crippen LogP contribution in [0, 0.1) is 0 Å². The van der Waals surface area contributed by atoms with Gasteiger partial charge in [-0.3, -0.25) is 0 Å². The largest absolute Gasteiger partial charge is 0.497 e. The first kappa shape index (κ1) is 12.9. The molecule has 96 valence electrons. The second-order valence-electron chi connectivity index (χ2n) is 4.14. The lowest BCUT2D eigenvalue weighted by molar-refractivity contribution is 0.414. The molecule has 3 nitrogen and oxygen atoms in total. The van der Waals surface area contributed by atoms with Gasteiger partial charge in [0.25, 0.3) is 0 Å². The third-order valence-electron chi connectivity index (χ3n) is 2.87. The highest BCUT2D eigenvalue weighted by atomic mass is 32.1. The van der Waals surface area contributed by atoms with Gasteiger partial charge in [-0.25, -0.2) is 4.98 Å². The Labute approximate surface area is 112 Å². The smallest absolute Gasteiger partial charge is 0.183 e. The second-order valence-corrected chi connectivity index (χ2v) is 4.99. The first-order chi connectivity index (χ1) is 8.72. The molecule has 1 aromatic heterocycles. The Hall–Kier alpha value is -1.55. The quantitative estimate of drug-likeness (QED) is 0.887.